The largest absolute Gasteiger partial charge is 0.288 e. The zero-order valence-corrected chi connectivity index (χ0v) is 6.07. The van der Waals surface area contributed by atoms with E-state index in [-0.39, 0.29) is 0 Å². The van der Waals surface area contributed by atoms with E-state index in [1.165, 1.54) is 0 Å². The molecule has 0 bridgehead atoms. The Morgan fingerprint density at radius 1 is 1.27 bits per heavy atom. The summed E-state index contributed by atoms with van der Waals surface area (Å²) < 4.78 is 0. The minimum Gasteiger partial charge on any atom is -0.288 e. The van der Waals surface area contributed by atoms with Gasteiger partial charge in [-0.3, -0.25) is 9.98 Å². The smallest absolute Gasteiger partial charge is 0.0714 e. The monoisotopic (exact) mass is 144 g/mol. The van der Waals surface area contributed by atoms with E-state index in [4.69, 9.17) is 0 Å². The summed E-state index contributed by atoms with van der Waals surface area (Å²) in [7, 11) is 0. The van der Waals surface area contributed by atoms with Gasteiger partial charge in [0.15, 0.2) is 0 Å². The fourth-order valence-corrected chi connectivity index (χ4v) is 1.06. The van der Waals surface area contributed by atoms with Crippen LogP contribution in [0.1, 0.15) is 5.69 Å². The van der Waals surface area contributed by atoms with Gasteiger partial charge in [-0.25, -0.2) is 0 Å². The molecule has 11 heavy (non-hydrogen) atoms. The minimum atomic E-state index is 0.798. The molecule has 0 fully saturated rings. The Bertz CT molecular complexity index is 299. The fraction of sp³-hybridized carbons (Fsp3) is 0.111. The van der Waals surface area contributed by atoms with Crippen molar-refractivity contribution >= 4 is 11.8 Å². The Hall–Kier alpha value is -1.44. The van der Waals surface area contributed by atoms with Crippen LogP contribution in [0.3, 0.4) is 0 Å². The summed E-state index contributed by atoms with van der Waals surface area (Å²) in [5, 5.41) is 0. The Kier molecular flexibility index (Phi) is 1.52. The van der Waals surface area contributed by atoms with Gasteiger partial charge in [-0.05, 0) is 12.1 Å². The molecule has 2 heteroatoms. The van der Waals surface area contributed by atoms with Gasteiger partial charge in [0, 0.05) is 18.0 Å². The Morgan fingerprint density at radius 3 is 2.91 bits per heavy atom. The number of allylic oxidation sites excluding steroid dienone is 1. The van der Waals surface area contributed by atoms with Crippen LogP contribution in [-0.4, -0.2) is 17.7 Å². The van der Waals surface area contributed by atoms with Crippen molar-refractivity contribution in [3.05, 3.63) is 36.2 Å². The minimum absolute atomic E-state index is 0.798. The van der Waals surface area contributed by atoms with Gasteiger partial charge in [-0.2, -0.15) is 0 Å². The summed E-state index contributed by atoms with van der Waals surface area (Å²) in [4.78, 5) is 8.28. The van der Waals surface area contributed by atoms with Crippen LogP contribution in [0, 0.1) is 0 Å². The van der Waals surface area contributed by atoms with Crippen molar-refractivity contribution in [2.75, 3.05) is 6.54 Å². The zero-order chi connectivity index (χ0) is 7.52. The maximum Gasteiger partial charge on any atom is 0.0714 e. The molecule has 0 radical (unpaired) electrons. The van der Waals surface area contributed by atoms with Gasteiger partial charge >= 0.3 is 0 Å². The number of nitrogens with zero attached hydrogens (tertiary/aromatic N) is 2. The maximum absolute atomic E-state index is 4.20. The normalized spacial score (nSPS) is 15.1. The summed E-state index contributed by atoms with van der Waals surface area (Å²) >= 11 is 0. The predicted octanol–water partition coefficient (Wildman–Crippen LogP) is 1.55. The lowest BCUT2D eigenvalue weighted by molar-refractivity contribution is 1.28. The summed E-state index contributed by atoms with van der Waals surface area (Å²) in [6, 6.07) is 5.88. The highest BCUT2D eigenvalue weighted by Gasteiger charge is 2.01. The van der Waals surface area contributed by atoms with Gasteiger partial charge in [0.25, 0.3) is 0 Å². The quantitative estimate of drug-likeness (QED) is 0.587. The van der Waals surface area contributed by atoms with E-state index in [1.54, 1.807) is 6.20 Å². The molecular weight excluding hydrogens is 136 g/mol. The predicted molar refractivity (Wildman–Crippen MR) is 45.6 cm³/mol. The summed E-state index contributed by atoms with van der Waals surface area (Å²) in [6.45, 7) is 0.798. The number of hydrogen-bond acceptors (Lipinski definition) is 2. The van der Waals surface area contributed by atoms with Gasteiger partial charge in [-0.15, -0.1) is 0 Å². The molecule has 2 nitrogen and oxygen atoms in total. The molecule has 1 aliphatic rings. The van der Waals surface area contributed by atoms with Crippen molar-refractivity contribution in [2.24, 2.45) is 4.99 Å². The van der Waals surface area contributed by atoms with E-state index < -0.39 is 0 Å². The van der Waals surface area contributed by atoms with Crippen molar-refractivity contribution in [3.63, 3.8) is 0 Å². The lowest BCUT2D eigenvalue weighted by Crippen LogP contribution is -1.85. The third-order valence-electron chi connectivity index (χ3n) is 1.61. The summed E-state index contributed by atoms with van der Waals surface area (Å²) in [6.07, 6.45) is 5.73. The van der Waals surface area contributed by atoms with Crippen molar-refractivity contribution in [1.82, 2.24) is 4.98 Å². The highest BCUT2D eigenvalue weighted by molar-refractivity contribution is 6.10. The van der Waals surface area contributed by atoms with Gasteiger partial charge in [0.05, 0.1) is 12.2 Å². The van der Waals surface area contributed by atoms with Crippen LogP contribution in [0.15, 0.2) is 35.5 Å². The van der Waals surface area contributed by atoms with Crippen molar-refractivity contribution < 1.29 is 0 Å². The van der Waals surface area contributed by atoms with Gasteiger partial charge < -0.3 is 0 Å². The molecule has 0 saturated carbocycles. The Balaban J connectivity index is 2.37. The van der Waals surface area contributed by atoms with Gasteiger partial charge in [-0.1, -0.05) is 12.1 Å². The molecule has 1 aliphatic heterocycles. The first-order chi connectivity index (χ1) is 5.47. The number of aliphatic imine (C=N–C) groups is 1. The number of hydrogen-bond donors (Lipinski definition) is 0. The molecule has 0 spiro atoms. The molecule has 0 atom stereocenters. The van der Waals surface area contributed by atoms with Crippen LogP contribution >= 0.6 is 0 Å². The fourth-order valence-electron chi connectivity index (χ4n) is 1.06. The molecule has 1 aromatic heterocycles. The Labute approximate surface area is 65.3 Å². The first-order valence-electron chi connectivity index (χ1n) is 3.58. The molecule has 0 aliphatic carbocycles. The highest BCUT2D eigenvalue weighted by atomic mass is 14.7. The second kappa shape index (κ2) is 2.66. The number of pyridine rings is 1. The van der Waals surface area contributed by atoms with E-state index >= 15 is 0 Å². The van der Waals surface area contributed by atoms with Crippen LogP contribution in [0.2, 0.25) is 0 Å². The maximum atomic E-state index is 4.20. The second-order valence-electron chi connectivity index (χ2n) is 2.37. The third-order valence-corrected chi connectivity index (χ3v) is 1.61. The van der Waals surface area contributed by atoms with E-state index in [0.717, 1.165) is 17.8 Å². The molecule has 0 unspecified atom stereocenters. The number of rotatable bonds is 1. The van der Waals surface area contributed by atoms with Gasteiger partial charge in [0.1, 0.15) is 0 Å². The van der Waals surface area contributed by atoms with E-state index in [9.17, 15) is 0 Å². The molecule has 54 valence electrons. The molecule has 0 N–H and O–H groups in total. The summed E-state index contributed by atoms with van der Waals surface area (Å²) in [5.74, 6) is 0. The average Bonchev–Trinajstić information content (AvgIpc) is 2.58. The first kappa shape index (κ1) is 6.28. The van der Waals surface area contributed by atoms with E-state index in [0.29, 0.717) is 0 Å². The molecule has 2 rings (SSSR count). The molecule has 0 amide bonds. The van der Waals surface area contributed by atoms with Crippen molar-refractivity contribution in [3.8, 4) is 0 Å². The Morgan fingerprint density at radius 2 is 2.27 bits per heavy atom. The van der Waals surface area contributed by atoms with E-state index in [1.807, 2.05) is 24.4 Å². The van der Waals surface area contributed by atoms with Crippen LogP contribution in [-0.2, 0) is 0 Å². The van der Waals surface area contributed by atoms with Gasteiger partial charge in [0.2, 0.25) is 0 Å². The van der Waals surface area contributed by atoms with Crippen molar-refractivity contribution in [2.45, 2.75) is 0 Å². The molecule has 2 heterocycles. The van der Waals surface area contributed by atoms with E-state index in [2.05, 4.69) is 16.1 Å². The molecule has 1 aromatic rings. The van der Waals surface area contributed by atoms with Crippen LogP contribution in [0.4, 0.5) is 0 Å². The topological polar surface area (TPSA) is 25.2 Å². The second-order valence-corrected chi connectivity index (χ2v) is 2.37. The standard InChI is InChI=1S/C9H8N2/c1-2-5-11-9(3-1)8-4-6-10-7-8/h1-5,7H,6H2. The van der Waals surface area contributed by atoms with Crippen LogP contribution < -0.4 is 0 Å². The van der Waals surface area contributed by atoms with Crippen molar-refractivity contribution in [1.29, 1.82) is 0 Å². The number of aromatic nitrogens is 1. The highest BCUT2D eigenvalue weighted by Crippen LogP contribution is 2.11. The molecular formula is C9H8N2. The molecule has 0 aromatic carbocycles. The first-order valence-corrected chi connectivity index (χ1v) is 3.58. The average molecular weight is 144 g/mol. The third kappa shape index (κ3) is 1.19. The van der Waals surface area contributed by atoms with Crippen LogP contribution in [0.25, 0.3) is 5.57 Å². The summed E-state index contributed by atoms with van der Waals surface area (Å²) in [5.41, 5.74) is 2.14. The van der Waals surface area contributed by atoms with Crippen LogP contribution in [0.5, 0.6) is 0 Å². The molecule has 0 saturated heterocycles. The SMILES string of the molecule is C1=NCC=C1c1ccccn1. The lowest BCUT2D eigenvalue weighted by atomic mass is 10.2. The lowest BCUT2D eigenvalue weighted by Gasteiger charge is -1.94. The zero-order valence-electron chi connectivity index (χ0n) is 6.07.